The first-order valence-corrected chi connectivity index (χ1v) is 3.48. The van der Waals surface area contributed by atoms with Crippen molar-refractivity contribution in [2.45, 2.75) is 27.7 Å². The van der Waals surface area contributed by atoms with Gasteiger partial charge in [-0.3, -0.25) is 0 Å². The maximum absolute atomic E-state index is 3.03. The number of hydrogen-bond acceptors (Lipinski definition) is 0. The Bertz CT molecular complexity index is 184. The standard InChI is InChI=1S/C10H14/c1-5-9(3)7-8-10(4)6-2/h5-6H,1-4H3. The van der Waals surface area contributed by atoms with Crippen LogP contribution in [0.15, 0.2) is 23.3 Å². The highest BCUT2D eigenvalue weighted by atomic mass is 13.8. The lowest BCUT2D eigenvalue weighted by atomic mass is 10.2. The zero-order chi connectivity index (χ0) is 7.98. The minimum atomic E-state index is 1.13. The first-order chi connectivity index (χ1) is 4.70. The Morgan fingerprint density at radius 1 is 0.900 bits per heavy atom. The van der Waals surface area contributed by atoms with Crippen LogP contribution in [0.1, 0.15) is 27.7 Å². The SMILES string of the molecule is CC=C(C)C#CC(C)=CC. The van der Waals surface area contributed by atoms with Crippen LogP contribution in [-0.4, -0.2) is 0 Å². The third-order valence-electron chi connectivity index (χ3n) is 1.32. The van der Waals surface area contributed by atoms with Crippen molar-refractivity contribution < 1.29 is 0 Å². The molecule has 0 aliphatic heterocycles. The molecule has 0 aliphatic rings. The zero-order valence-corrected chi connectivity index (χ0v) is 7.15. The van der Waals surface area contributed by atoms with E-state index in [1.54, 1.807) is 0 Å². The summed E-state index contributed by atoms with van der Waals surface area (Å²) in [4.78, 5) is 0. The quantitative estimate of drug-likeness (QED) is 0.447. The second-order valence-corrected chi connectivity index (χ2v) is 2.19. The van der Waals surface area contributed by atoms with Crippen LogP contribution in [0.5, 0.6) is 0 Å². The highest BCUT2D eigenvalue weighted by Crippen LogP contribution is 1.91. The van der Waals surface area contributed by atoms with E-state index in [1.165, 1.54) is 0 Å². The molecule has 0 aromatic rings. The van der Waals surface area contributed by atoms with Crippen molar-refractivity contribution in [3.05, 3.63) is 23.3 Å². The average molecular weight is 134 g/mol. The van der Waals surface area contributed by atoms with Gasteiger partial charge in [-0.15, -0.1) is 0 Å². The van der Waals surface area contributed by atoms with Crippen molar-refractivity contribution in [2.75, 3.05) is 0 Å². The summed E-state index contributed by atoms with van der Waals surface area (Å²) in [5.41, 5.74) is 2.25. The van der Waals surface area contributed by atoms with E-state index in [-0.39, 0.29) is 0 Å². The van der Waals surface area contributed by atoms with E-state index in [9.17, 15) is 0 Å². The lowest BCUT2D eigenvalue weighted by Gasteiger charge is -1.83. The predicted molar refractivity (Wildman–Crippen MR) is 46.6 cm³/mol. The second kappa shape index (κ2) is 4.88. The molecule has 0 spiro atoms. The van der Waals surface area contributed by atoms with Crippen LogP contribution in [0, 0.1) is 11.8 Å². The lowest BCUT2D eigenvalue weighted by molar-refractivity contribution is 1.49. The summed E-state index contributed by atoms with van der Waals surface area (Å²) in [6.45, 7) is 8.01. The molecule has 0 amide bonds. The summed E-state index contributed by atoms with van der Waals surface area (Å²) in [6.07, 6.45) is 4.02. The third-order valence-corrected chi connectivity index (χ3v) is 1.32. The van der Waals surface area contributed by atoms with Crippen LogP contribution in [0.25, 0.3) is 0 Å². The first-order valence-electron chi connectivity index (χ1n) is 3.48. The van der Waals surface area contributed by atoms with Gasteiger partial charge in [0, 0.05) is 0 Å². The van der Waals surface area contributed by atoms with E-state index in [0.717, 1.165) is 11.1 Å². The molecule has 0 heteroatoms. The van der Waals surface area contributed by atoms with Gasteiger partial charge in [0.2, 0.25) is 0 Å². The van der Waals surface area contributed by atoms with E-state index in [0.29, 0.717) is 0 Å². The Kier molecular flexibility index (Phi) is 4.41. The molecular formula is C10H14. The van der Waals surface area contributed by atoms with Gasteiger partial charge in [-0.1, -0.05) is 24.0 Å². The molecule has 0 nitrogen and oxygen atoms in total. The molecule has 0 saturated heterocycles. The van der Waals surface area contributed by atoms with Crippen LogP contribution in [0.4, 0.5) is 0 Å². The van der Waals surface area contributed by atoms with Crippen molar-refractivity contribution in [2.24, 2.45) is 0 Å². The number of hydrogen-bond donors (Lipinski definition) is 0. The molecule has 0 fully saturated rings. The van der Waals surface area contributed by atoms with Crippen LogP contribution in [0.3, 0.4) is 0 Å². The number of rotatable bonds is 0. The normalized spacial score (nSPS) is 12.4. The summed E-state index contributed by atoms with van der Waals surface area (Å²) in [6, 6.07) is 0. The van der Waals surface area contributed by atoms with Crippen molar-refractivity contribution in [1.29, 1.82) is 0 Å². The molecular weight excluding hydrogens is 120 g/mol. The van der Waals surface area contributed by atoms with Gasteiger partial charge in [-0.25, -0.2) is 0 Å². The molecule has 0 atom stereocenters. The molecule has 0 aromatic heterocycles. The summed E-state index contributed by atoms with van der Waals surface area (Å²) >= 11 is 0. The van der Waals surface area contributed by atoms with Crippen molar-refractivity contribution in [3.63, 3.8) is 0 Å². The highest BCUT2D eigenvalue weighted by molar-refractivity contribution is 5.35. The molecule has 0 bridgehead atoms. The van der Waals surface area contributed by atoms with Crippen molar-refractivity contribution in [1.82, 2.24) is 0 Å². The van der Waals surface area contributed by atoms with E-state index in [2.05, 4.69) is 11.8 Å². The molecule has 0 heterocycles. The van der Waals surface area contributed by atoms with Gasteiger partial charge >= 0.3 is 0 Å². The zero-order valence-electron chi connectivity index (χ0n) is 7.15. The molecule has 0 N–H and O–H groups in total. The van der Waals surface area contributed by atoms with Gasteiger partial charge in [0.05, 0.1) is 0 Å². The van der Waals surface area contributed by atoms with Gasteiger partial charge in [-0.05, 0) is 38.8 Å². The van der Waals surface area contributed by atoms with Gasteiger partial charge in [-0.2, -0.15) is 0 Å². The van der Waals surface area contributed by atoms with Gasteiger partial charge in [0.15, 0.2) is 0 Å². The van der Waals surface area contributed by atoms with Crippen LogP contribution in [0.2, 0.25) is 0 Å². The Labute approximate surface area is 63.6 Å². The van der Waals surface area contributed by atoms with E-state index < -0.39 is 0 Å². The third kappa shape index (κ3) is 3.97. The van der Waals surface area contributed by atoms with Crippen molar-refractivity contribution in [3.8, 4) is 11.8 Å². The fourth-order valence-electron chi connectivity index (χ4n) is 0.342. The Hall–Kier alpha value is -0.960. The predicted octanol–water partition coefficient (Wildman–Crippen LogP) is 2.92. The van der Waals surface area contributed by atoms with E-state index in [1.807, 2.05) is 39.8 Å². The molecule has 0 aromatic carbocycles. The maximum Gasteiger partial charge on any atom is -0.00498 e. The molecule has 0 saturated carbocycles. The molecule has 0 rings (SSSR count). The van der Waals surface area contributed by atoms with Crippen LogP contribution in [-0.2, 0) is 0 Å². The minimum Gasteiger partial charge on any atom is -0.0763 e. The molecule has 0 unspecified atom stereocenters. The maximum atomic E-state index is 3.03. The molecule has 0 aliphatic carbocycles. The number of allylic oxidation sites excluding steroid dienone is 4. The fraction of sp³-hybridized carbons (Fsp3) is 0.400. The second-order valence-electron chi connectivity index (χ2n) is 2.19. The van der Waals surface area contributed by atoms with Crippen LogP contribution < -0.4 is 0 Å². The van der Waals surface area contributed by atoms with Gasteiger partial charge in [0.1, 0.15) is 0 Å². The summed E-state index contributed by atoms with van der Waals surface area (Å²) < 4.78 is 0. The largest absolute Gasteiger partial charge is 0.0763 e. The summed E-state index contributed by atoms with van der Waals surface area (Å²) in [7, 11) is 0. The topological polar surface area (TPSA) is 0 Å². The van der Waals surface area contributed by atoms with Crippen LogP contribution >= 0.6 is 0 Å². The smallest absolute Gasteiger partial charge is 0.00498 e. The average Bonchev–Trinajstić information content (AvgIpc) is 1.99. The Morgan fingerprint density at radius 3 is 1.40 bits per heavy atom. The summed E-state index contributed by atoms with van der Waals surface area (Å²) in [5, 5.41) is 0. The Morgan fingerprint density at radius 2 is 1.20 bits per heavy atom. The molecule has 54 valence electrons. The minimum absolute atomic E-state index is 1.13. The van der Waals surface area contributed by atoms with Crippen molar-refractivity contribution >= 4 is 0 Å². The van der Waals surface area contributed by atoms with E-state index >= 15 is 0 Å². The van der Waals surface area contributed by atoms with E-state index in [4.69, 9.17) is 0 Å². The molecule has 0 radical (unpaired) electrons. The fourth-order valence-corrected chi connectivity index (χ4v) is 0.342. The van der Waals surface area contributed by atoms with Gasteiger partial charge < -0.3 is 0 Å². The Balaban J connectivity index is 4.18. The summed E-state index contributed by atoms with van der Waals surface area (Å²) in [5.74, 6) is 6.05. The lowest BCUT2D eigenvalue weighted by Crippen LogP contribution is -1.68. The monoisotopic (exact) mass is 134 g/mol. The highest BCUT2D eigenvalue weighted by Gasteiger charge is 1.76. The first kappa shape index (κ1) is 9.04. The van der Waals surface area contributed by atoms with Gasteiger partial charge in [0.25, 0.3) is 0 Å². The molecule has 10 heavy (non-hydrogen) atoms.